The summed E-state index contributed by atoms with van der Waals surface area (Å²) in [5, 5.41) is 3.28. The number of benzene rings is 1. The van der Waals surface area contributed by atoms with Gasteiger partial charge >= 0.3 is 0 Å². The number of nitrogens with one attached hydrogen (secondary N) is 1. The normalized spacial score (nSPS) is 14.3. The molecule has 116 valence electrons. The molecule has 1 aromatic heterocycles. The third-order valence-electron chi connectivity index (χ3n) is 4.56. The van der Waals surface area contributed by atoms with Crippen molar-refractivity contribution in [3.05, 3.63) is 58.4 Å². The van der Waals surface area contributed by atoms with Gasteiger partial charge in [0.25, 0.3) is 0 Å². The molecule has 3 rings (SSSR count). The largest absolute Gasteiger partial charge is 0.345 e. The Balaban J connectivity index is 1.63. The summed E-state index contributed by atoms with van der Waals surface area (Å²) in [6, 6.07) is 11.0. The number of aryl methyl sites for hydroxylation is 2. The average molecular weight is 296 g/mol. The summed E-state index contributed by atoms with van der Waals surface area (Å²) in [4.78, 5) is 12.5. The molecule has 0 unspecified atom stereocenters. The molecule has 1 fully saturated rings. The van der Waals surface area contributed by atoms with Gasteiger partial charge in [0, 0.05) is 29.5 Å². The van der Waals surface area contributed by atoms with Crippen molar-refractivity contribution in [2.24, 2.45) is 0 Å². The third kappa shape index (κ3) is 3.00. The van der Waals surface area contributed by atoms with Crippen molar-refractivity contribution in [2.75, 3.05) is 6.54 Å². The molecule has 1 aromatic carbocycles. The predicted molar refractivity (Wildman–Crippen MR) is 89.4 cm³/mol. The summed E-state index contributed by atoms with van der Waals surface area (Å²) in [7, 11) is 0. The fourth-order valence-electron chi connectivity index (χ4n) is 3.17. The minimum atomic E-state index is 0.189. The zero-order valence-electron chi connectivity index (χ0n) is 13.6. The molecule has 1 heterocycles. The van der Waals surface area contributed by atoms with Crippen LogP contribution in [0.15, 0.2) is 30.3 Å². The summed E-state index contributed by atoms with van der Waals surface area (Å²) < 4.78 is 2.33. The van der Waals surface area contributed by atoms with Crippen molar-refractivity contribution in [1.82, 2.24) is 9.88 Å². The van der Waals surface area contributed by atoms with E-state index in [-0.39, 0.29) is 5.78 Å². The standard InChI is InChI=1S/C19H24N2O/c1-13-6-4-5-7-16(13)11-20-12-19(22)18-10-14(2)21(15(18)3)17-8-9-17/h4-7,10,17,20H,8-9,11-12H2,1-3H3. The van der Waals surface area contributed by atoms with Crippen LogP contribution in [0.4, 0.5) is 0 Å². The molecule has 3 heteroatoms. The molecule has 0 atom stereocenters. The highest BCUT2D eigenvalue weighted by Crippen LogP contribution is 2.38. The van der Waals surface area contributed by atoms with Gasteiger partial charge in [-0.25, -0.2) is 0 Å². The SMILES string of the molecule is Cc1ccccc1CNCC(=O)c1cc(C)n(C2CC2)c1C. The molecule has 0 radical (unpaired) electrons. The average Bonchev–Trinajstić information content (AvgIpc) is 3.27. The van der Waals surface area contributed by atoms with Crippen molar-refractivity contribution >= 4 is 5.78 Å². The number of nitrogens with zero attached hydrogens (tertiary/aromatic N) is 1. The lowest BCUT2D eigenvalue weighted by atomic mass is 10.1. The highest BCUT2D eigenvalue weighted by Gasteiger charge is 2.28. The minimum absolute atomic E-state index is 0.189. The van der Waals surface area contributed by atoms with Gasteiger partial charge in [-0.15, -0.1) is 0 Å². The molecular formula is C19H24N2O. The van der Waals surface area contributed by atoms with Crippen LogP contribution in [-0.2, 0) is 6.54 Å². The van der Waals surface area contributed by atoms with Gasteiger partial charge in [-0.05, 0) is 50.8 Å². The summed E-state index contributed by atoms with van der Waals surface area (Å²) in [5.74, 6) is 0.189. The highest BCUT2D eigenvalue weighted by molar-refractivity contribution is 5.99. The lowest BCUT2D eigenvalue weighted by Gasteiger charge is -2.09. The Morgan fingerprint density at radius 1 is 1.23 bits per heavy atom. The molecule has 3 nitrogen and oxygen atoms in total. The van der Waals surface area contributed by atoms with Gasteiger partial charge in [0.1, 0.15) is 0 Å². The number of hydrogen-bond acceptors (Lipinski definition) is 2. The summed E-state index contributed by atoms with van der Waals surface area (Å²) >= 11 is 0. The molecule has 22 heavy (non-hydrogen) atoms. The predicted octanol–water partition coefficient (Wildman–Crippen LogP) is 3.72. The van der Waals surface area contributed by atoms with E-state index >= 15 is 0 Å². The lowest BCUT2D eigenvalue weighted by Crippen LogP contribution is -2.23. The number of rotatable bonds is 6. The van der Waals surface area contributed by atoms with E-state index in [2.05, 4.69) is 42.8 Å². The number of aromatic nitrogens is 1. The van der Waals surface area contributed by atoms with Gasteiger partial charge in [-0.2, -0.15) is 0 Å². The molecule has 0 bridgehead atoms. The Bertz CT molecular complexity index is 695. The van der Waals surface area contributed by atoms with Crippen molar-refractivity contribution in [3.8, 4) is 0 Å². The summed E-state index contributed by atoms with van der Waals surface area (Å²) in [6.07, 6.45) is 2.49. The second kappa shape index (κ2) is 6.09. The topological polar surface area (TPSA) is 34.0 Å². The van der Waals surface area contributed by atoms with Crippen molar-refractivity contribution in [1.29, 1.82) is 0 Å². The van der Waals surface area contributed by atoms with Crippen LogP contribution >= 0.6 is 0 Å². The second-order valence-electron chi connectivity index (χ2n) is 6.34. The Morgan fingerprint density at radius 3 is 2.64 bits per heavy atom. The first kappa shape index (κ1) is 15.0. The fraction of sp³-hybridized carbons (Fsp3) is 0.421. The van der Waals surface area contributed by atoms with Crippen LogP contribution in [0.3, 0.4) is 0 Å². The molecule has 1 N–H and O–H groups in total. The van der Waals surface area contributed by atoms with E-state index in [1.807, 2.05) is 18.2 Å². The van der Waals surface area contributed by atoms with Gasteiger partial charge < -0.3 is 9.88 Å². The van der Waals surface area contributed by atoms with E-state index in [1.54, 1.807) is 0 Å². The van der Waals surface area contributed by atoms with Crippen LogP contribution in [0.5, 0.6) is 0 Å². The van der Waals surface area contributed by atoms with E-state index in [4.69, 9.17) is 0 Å². The first-order valence-electron chi connectivity index (χ1n) is 8.04. The maximum Gasteiger partial charge on any atom is 0.178 e. The van der Waals surface area contributed by atoms with Crippen molar-refractivity contribution < 1.29 is 4.79 Å². The number of hydrogen-bond donors (Lipinski definition) is 1. The lowest BCUT2D eigenvalue weighted by molar-refractivity contribution is 0.0990. The quantitative estimate of drug-likeness (QED) is 0.824. The molecule has 0 aliphatic heterocycles. The molecule has 0 spiro atoms. The maximum atomic E-state index is 12.5. The van der Waals surface area contributed by atoms with E-state index in [9.17, 15) is 4.79 Å². The highest BCUT2D eigenvalue weighted by atomic mass is 16.1. The molecule has 1 aliphatic carbocycles. The minimum Gasteiger partial charge on any atom is -0.345 e. The summed E-state index contributed by atoms with van der Waals surface area (Å²) in [5.41, 5.74) is 5.72. The molecule has 1 aliphatic rings. The Kier molecular flexibility index (Phi) is 4.16. The van der Waals surface area contributed by atoms with Crippen LogP contribution in [-0.4, -0.2) is 16.9 Å². The number of carbonyl (C=O) groups excluding carboxylic acids is 1. The van der Waals surface area contributed by atoms with Gasteiger partial charge in [-0.1, -0.05) is 24.3 Å². The Morgan fingerprint density at radius 2 is 1.95 bits per heavy atom. The Hall–Kier alpha value is -1.87. The van der Waals surface area contributed by atoms with Gasteiger partial charge in [0.2, 0.25) is 0 Å². The number of ketones is 1. The fourth-order valence-corrected chi connectivity index (χ4v) is 3.17. The van der Waals surface area contributed by atoms with Gasteiger partial charge in [-0.3, -0.25) is 4.79 Å². The zero-order chi connectivity index (χ0) is 15.7. The van der Waals surface area contributed by atoms with Crippen LogP contribution < -0.4 is 5.32 Å². The zero-order valence-corrected chi connectivity index (χ0v) is 13.6. The molecule has 2 aromatic rings. The molecule has 1 saturated carbocycles. The smallest absolute Gasteiger partial charge is 0.178 e. The van der Waals surface area contributed by atoms with Crippen molar-refractivity contribution in [3.63, 3.8) is 0 Å². The Labute approximate surface area is 132 Å². The van der Waals surface area contributed by atoms with Crippen molar-refractivity contribution in [2.45, 2.75) is 46.2 Å². The number of carbonyl (C=O) groups is 1. The first-order valence-corrected chi connectivity index (χ1v) is 8.04. The second-order valence-corrected chi connectivity index (χ2v) is 6.34. The van der Waals surface area contributed by atoms with E-state index in [1.165, 1.54) is 29.7 Å². The van der Waals surface area contributed by atoms with E-state index in [0.29, 0.717) is 12.6 Å². The van der Waals surface area contributed by atoms with E-state index < -0.39 is 0 Å². The van der Waals surface area contributed by atoms with Crippen LogP contribution in [0.2, 0.25) is 0 Å². The summed E-state index contributed by atoms with van der Waals surface area (Å²) in [6.45, 7) is 7.40. The maximum absolute atomic E-state index is 12.5. The third-order valence-corrected chi connectivity index (χ3v) is 4.56. The van der Waals surface area contributed by atoms with Crippen LogP contribution in [0.25, 0.3) is 0 Å². The number of Topliss-reactive ketones (excluding diaryl/α,β-unsaturated/α-hetero) is 1. The van der Waals surface area contributed by atoms with E-state index in [0.717, 1.165) is 17.8 Å². The molecule has 0 saturated heterocycles. The molecular weight excluding hydrogens is 272 g/mol. The van der Waals surface area contributed by atoms with Crippen LogP contribution in [0, 0.1) is 20.8 Å². The first-order chi connectivity index (χ1) is 10.6. The monoisotopic (exact) mass is 296 g/mol. The van der Waals surface area contributed by atoms with Gasteiger partial charge in [0.05, 0.1) is 6.54 Å². The van der Waals surface area contributed by atoms with Crippen LogP contribution in [0.1, 0.15) is 51.8 Å². The molecule has 0 amide bonds. The van der Waals surface area contributed by atoms with Gasteiger partial charge in [0.15, 0.2) is 5.78 Å².